The molecule has 0 fully saturated rings. The Morgan fingerprint density at radius 3 is 1.10 bits per heavy atom. The summed E-state index contributed by atoms with van der Waals surface area (Å²) in [5.41, 5.74) is 0. The van der Waals surface area contributed by atoms with Gasteiger partial charge in [0.1, 0.15) is 12.4 Å². The molecule has 1 aromatic rings. The average molecular weight is 546 g/mol. The molecule has 0 atom stereocenters. The third-order valence-electron chi connectivity index (χ3n) is 8.97. The highest BCUT2D eigenvalue weighted by atomic mass is 15.1. The molecule has 2 nitrogen and oxygen atoms in total. The van der Waals surface area contributed by atoms with Crippen LogP contribution in [0, 0.1) is 0 Å². The standard InChI is InChI=1S/C37H73N2/c1-4-6-8-10-12-14-16-18-20-21-23-25-27-29-31-33-37-38(3)35-36-39(37)34-32-30-28-26-24-22-19-17-15-13-11-9-7-5-2/h35-36H,4-34H2,1-3H3/q+1. The van der Waals surface area contributed by atoms with Gasteiger partial charge < -0.3 is 0 Å². The zero-order chi connectivity index (χ0) is 28.1. The summed E-state index contributed by atoms with van der Waals surface area (Å²) in [5, 5.41) is 0. The minimum atomic E-state index is 1.22. The topological polar surface area (TPSA) is 8.81 Å². The quantitative estimate of drug-likeness (QED) is 0.0648. The van der Waals surface area contributed by atoms with Crippen molar-refractivity contribution in [2.75, 3.05) is 0 Å². The summed E-state index contributed by atoms with van der Waals surface area (Å²) in [5.74, 6) is 1.54. The fourth-order valence-corrected chi connectivity index (χ4v) is 6.21. The molecule has 0 saturated carbocycles. The number of imidazole rings is 1. The molecule has 0 N–H and O–H groups in total. The van der Waals surface area contributed by atoms with Crippen LogP contribution >= 0.6 is 0 Å². The summed E-state index contributed by atoms with van der Waals surface area (Å²) in [4.78, 5) is 0. The highest BCUT2D eigenvalue weighted by Gasteiger charge is 2.13. The van der Waals surface area contributed by atoms with Gasteiger partial charge in [-0.25, -0.2) is 9.13 Å². The molecule has 0 aliphatic carbocycles. The molecule has 1 rings (SSSR count). The van der Waals surface area contributed by atoms with Crippen molar-refractivity contribution >= 4 is 0 Å². The Bertz CT molecular complexity index is 605. The molecule has 1 aromatic heterocycles. The third-order valence-corrected chi connectivity index (χ3v) is 8.97. The number of unbranched alkanes of at least 4 members (excludes halogenated alkanes) is 27. The van der Waals surface area contributed by atoms with Gasteiger partial charge in [0.25, 0.3) is 5.82 Å². The number of aromatic nitrogens is 2. The van der Waals surface area contributed by atoms with E-state index in [4.69, 9.17) is 0 Å². The van der Waals surface area contributed by atoms with Crippen LogP contribution in [0.5, 0.6) is 0 Å². The molecule has 2 heteroatoms. The molecule has 0 amide bonds. The average Bonchev–Trinajstić information content (AvgIpc) is 3.29. The van der Waals surface area contributed by atoms with E-state index in [-0.39, 0.29) is 0 Å². The van der Waals surface area contributed by atoms with Crippen molar-refractivity contribution in [2.24, 2.45) is 7.05 Å². The Morgan fingerprint density at radius 1 is 0.436 bits per heavy atom. The van der Waals surface area contributed by atoms with E-state index in [2.05, 4.69) is 42.4 Å². The zero-order valence-electron chi connectivity index (χ0n) is 27.5. The highest BCUT2D eigenvalue weighted by Crippen LogP contribution is 2.15. The first-order chi connectivity index (χ1) is 19.3. The minimum absolute atomic E-state index is 1.22. The summed E-state index contributed by atoms with van der Waals surface area (Å²) in [6.07, 6.45) is 47.6. The SMILES string of the molecule is CCCCCCCCCCCCCCCCCc1n(CCCCCCCCCCCCCCCC)cc[n+]1C. The molecule has 0 radical (unpaired) electrons. The van der Waals surface area contributed by atoms with E-state index < -0.39 is 0 Å². The lowest BCUT2D eigenvalue weighted by Crippen LogP contribution is -2.32. The van der Waals surface area contributed by atoms with Crippen LogP contribution in [0.4, 0.5) is 0 Å². The van der Waals surface area contributed by atoms with E-state index in [1.165, 1.54) is 199 Å². The van der Waals surface area contributed by atoms with Crippen LogP contribution < -0.4 is 4.57 Å². The molecule has 0 bridgehead atoms. The molecule has 0 spiro atoms. The summed E-state index contributed by atoms with van der Waals surface area (Å²) in [6, 6.07) is 0. The normalized spacial score (nSPS) is 11.6. The van der Waals surface area contributed by atoms with Crippen molar-refractivity contribution in [1.29, 1.82) is 0 Å². The summed E-state index contributed by atoms with van der Waals surface area (Å²) in [6.45, 7) is 5.83. The monoisotopic (exact) mass is 546 g/mol. The summed E-state index contributed by atoms with van der Waals surface area (Å²) in [7, 11) is 2.24. The van der Waals surface area contributed by atoms with Crippen molar-refractivity contribution < 1.29 is 4.57 Å². The zero-order valence-corrected chi connectivity index (χ0v) is 27.5. The first kappa shape index (κ1) is 36.2. The molecule has 0 aliphatic rings. The van der Waals surface area contributed by atoms with Gasteiger partial charge in [-0.15, -0.1) is 0 Å². The molecule has 0 unspecified atom stereocenters. The smallest absolute Gasteiger partial charge is 0.237 e. The van der Waals surface area contributed by atoms with Gasteiger partial charge in [0, 0.05) is 6.42 Å². The number of hydrogen-bond donors (Lipinski definition) is 0. The predicted molar refractivity (Wildman–Crippen MR) is 175 cm³/mol. The van der Waals surface area contributed by atoms with E-state index in [0.29, 0.717) is 0 Å². The minimum Gasteiger partial charge on any atom is -0.237 e. The molecular weight excluding hydrogens is 472 g/mol. The lowest BCUT2D eigenvalue weighted by molar-refractivity contribution is -0.678. The molecule has 230 valence electrons. The van der Waals surface area contributed by atoms with Gasteiger partial charge in [-0.05, 0) is 19.3 Å². The van der Waals surface area contributed by atoms with Crippen molar-refractivity contribution in [2.45, 2.75) is 213 Å². The maximum Gasteiger partial charge on any atom is 0.256 e. The van der Waals surface area contributed by atoms with Gasteiger partial charge in [-0.1, -0.05) is 181 Å². The number of nitrogens with zero attached hydrogens (tertiary/aromatic N) is 2. The Balaban J connectivity index is 1.91. The second kappa shape index (κ2) is 28.7. The van der Waals surface area contributed by atoms with E-state index in [1.807, 2.05) is 0 Å². The van der Waals surface area contributed by atoms with Crippen LogP contribution in [-0.2, 0) is 20.0 Å². The van der Waals surface area contributed by atoms with E-state index >= 15 is 0 Å². The van der Waals surface area contributed by atoms with Crippen molar-refractivity contribution in [3.63, 3.8) is 0 Å². The number of aryl methyl sites for hydroxylation is 2. The van der Waals surface area contributed by atoms with Gasteiger partial charge in [0.2, 0.25) is 0 Å². The largest absolute Gasteiger partial charge is 0.256 e. The fourth-order valence-electron chi connectivity index (χ4n) is 6.21. The maximum atomic E-state index is 2.55. The van der Waals surface area contributed by atoms with E-state index in [0.717, 1.165) is 0 Å². The highest BCUT2D eigenvalue weighted by molar-refractivity contribution is 4.84. The predicted octanol–water partition coefficient (Wildman–Crippen LogP) is 12.2. The maximum absolute atomic E-state index is 2.55. The van der Waals surface area contributed by atoms with E-state index in [9.17, 15) is 0 Å². The Morgan fingerprint density at radius 2 is 0.744 bits per heavy atom. The molecule has 0 aliphatic heterocycles. The van der Waals surface area contributed by atoms with Crippen LogP contribution in [-0.4, -0.2) is 4.57 Å². The third kappa shape index (κ3) is 22.6. The molecule has 0 aromatic carbocycles. The Kier molecular flexibility index (Phi) is 26.7. The van der Waals surface area contributed by atoms with Gasteiger partial charge in [-0.2, -0.15) is 0 Å². The van der Waals surface area contributed by atoms with E-state index in [1.54, 1.807) is 5.82 Å². The summed E-state index contributed by atoms with van der Waals surface area (Å²) < 4.78 is 4.91. The van der Waals surface area contributed by atoms with Crippen molar-refractivity contribution in [1.82, 2.24) is 4.57 Å². The van der Waals surface area contributed by atoms with Crippen LogP contribution in [0.1, 0.15) is 206 Å². The molecule has 0 saturated heterocycles. The first-order valence-corrected chi connectivity index (χ1v) is 18.3. The van der Waals surface area contributed by atoms with Crippen LogP contribution in [0.15, 0.2) is 12.4 Å². The second-order valence-corrected chi connectivity index (χ2v) is 12.8. The summed E-state index contributed by atoms with van der Waals surface area (Å²) >= 11 is 0. The molecule has 1 heterocycles. The van der Waals surface area contributed by atoms with Gasteiger partial charge in [0.05, 0.1) is 13.6 Å². The lowest BCUT2D eigenvalue weighted by atomic mass is 10.0. The molecular formula is C37H73N2+. The van der Waals surface area contributed by atoms with Gasteiger partial charge >= 0.3 is 0 Å². The van der Waals surface area contributed by atoms with Crippen LogP contribution in [0.25, 0.3) is 0 Å². The van der Waals surface area contributed by atoms with Crippen LogP contribution in [0.2, 0.25) is 0 Å². The second-order valence-electron chi connectivity index (χ2n) is 12.8. The fraction of sp³-hybridized carbons (Fsp3) is 0.919. The molecule has 39 heavy (non-hydrogen) atoms. The first-order valence-electron chi connectivity index (χ1n) is 18.3. The number of rotatable bonds is 31. The Hall–Kier alpha value is -0.790. The van der Waals surface area contributed by atoms with Crippen LogP contribution in [0.3, 0.4) is 0 Å². The lowest BCUT2D eigenvalue weighted by Gasteiger charge is -2.05. The Labute approximate surface area is 247 Å². The number of hydrogen-bond acceptors (Lipinski definition) is 0. The van der Waals surface area contributed by atoms with Crippen molar-refractivity contribution in [3.05, 3.63) is 18.2 Å². The van der Waals surface area contributed by atoms with Crippen molar-refractivity contribution in [3.8, 4) is 0 Å². The van der Waals surface area contributed by atoms with Gasteiger partial charge in [-0.3, -0.25) is 0 Å². The van der Waals surface area contributed by atoms with Gasteiger partial charge in [0.15, 0.2) is 0 Å².